The first-order chi connectivity index (χ1) is 6.99. The molecule has 0 fully saturated rings. The van der Waals surface area contributed by atoms with E-state index in [1.54, 1.807) is 7.11 Å². The van der Waals surface area contributed by atoms with Gasteiger partial charge in [0.1, 0.15) is 0 Å². The van der Waals surface area contributed by atoms with Crippen LogP contribution in [0.5, 0.6) is 0 Å². The maximum atomic E-state index is 5.69. The van der Waals surface area contributed by atoms with E-state index in [2.05, 4.69) is 41.6 Å². The lowest BCUT2D eigenvalue weighted by atomic mass is 10.2. The van der Waals surface area contributed by atoms with Gasteiger partial charge in [0.15, 0.2) is 0 Å². The molecule has 0 aliphatic rings. The van der Waals surface area contributed by atoms with Crippen molar-refractivity contribution in [1.29, 1.82) is 0 Å². The second kappa shape index (κ2) is 8.50. The molecule has 0 aromatic carbocycles. The van der Waals surface area contributed by atoms with Crippen LogP contribution in [0.15, 0.2) is 0 Å². The summed E-state index contributed by atoms with van der Waals surface area (Å²) in [7, 11) is 1.73. The molecule has 0 spiro atoms. The van der Waals surface area contributed by atoms with E-state index >= 15 is 0 Å². The van der Waals surface area contributed by atoms with Crippen molar-refractivity contribution in [3.05, 3.63) is 0 Å². The highest BCUT2D eigenvalue weighted by atomic mass is 79.9. The molecule has 0 heterocycles. The third-order valence-corrected chi connectivity index (χ3v) is 2.31. The Kier molecular flexibility index (Phi) is 8.71. The molecule has 0 amide bonds. The summed E-state index contributed by atoms with van der Waals surface area (Å²) < 4.78 is 10.8. The van der Waals surface area contributed by atoms with Crippen LogP contribution in [-0.4, -0.2) is 55.8 Å². The van der Waals surface area contributed by atoms with Gasteiger partial charge in [0, 0.05) is 32.1 Å². The van der Waals surface area contributed by atoms with E-state index in [0.717, 1.165) is 38.2 Å². The minimum atomic E-state index is -0.0403. The number of hydrogen-bond acceptors (Lipinski definition) is 3. The van der Waals surface area contributed by atoms with Gasteiger partial charge in [-0.3, -0.25) is 4.90 Å². The highest BCUT2D eigenvalue weighted by molar-refractivity contribution is 9.09. The SMILES string of the molecule is COCCN(CCBr)CCOC(C)(C)C. The van der Waals surface area contributed by atoms with Gasteiger partial charge in [-0.2, -0.15) is 0 Å². The molecule has 0 saturated carbocycles. The van der Waals surface area contributed by atoms with Crippen molar-refractivity contribution in [2.24, 2.45) is 0 Å². The molecule has 0 aromatic rings. The first kappa shape index (κ1) is 15.4. The highest BCUT2D eigenvalue weighted by Gasteiger charge is 2.11. The van der Waals surface area contributed by atoms with Gasteiger partial charge in [0.05, 0.1) is 18.8 Å². The molecule has 0 aromatic heterocycles. The zero-order valence-electron chi connectivity index (χ0n) is 10.4. The standard InChI is InChI=1S/C11H24BrNO2/c1-11(2,3)15-10-8-13(6-5-12)7-9-14-4/h5-10H2,1-4H3. The van der Waals surface area contributed by atoms with Gasteiger partial charge < -0.3 is 9.47 Å². The predicted octanol–water partition coefficient (Wildman–Crippen LogP) is 2.14. The fraction of sp³-hybridized carbons (Fsp3) is 1.00. The van der Waals surface area contributed by atoms with E-state index in [9.17, 15) is 0 Å². The lowest BCUT2D eigenvalue weighted by Crippen LogP contribution is -2.34. The molecule has 0 aliphatic heterocycles. The zero-order valence-corrected chi connectivity index (χ0v) is 12.0. The molecule has 0 unspecified atom stereocenters. The van der Waals surface area contributed by atoms with Crippen LogP contribution in [0.1, 0.15) is 20.8 Å². The van der Waals surface area contributed by atoms with Crippen molar-refractivity contribution in [1.82, 2.24) is 4.90 Å². The molecule has 0 saturated heterocycles. The average molecular weight is 282 g/mol. The van der Waals surface area contributed by atoms with Gasteiger partial charge in [0.2, 0.25) is 0 Å². The third kappa shape index (κ3) is 10.6. The summed E-state index contributed by atoms with van der Waals surface area (Å²) in [4.78, 5) is 2.34. The fourth-order valence-electron chi connectivity index (χ4n) is 1.16. The Morgan fingerprint density at radius 3 is 2.13 bits per heavy atom. The molecular weight excluding hydrogens is 258 g/mol. The van der Waals surface area contributed by atoms with Crippen molar-refractivity contribution in [2.45, 2.75) is 26.4 Å². The maximum Gasteiger partial charge on any atom is 0.0600 e. The molecule has 92 valence electrons. The largest absolute Gasteiger partial charge is 0.383 e. The topological polar surface area (TPSA) is 21.7 Å². The Labute approximate surface area is 102 Å². The summed E-state index contributed by atoms with van der Waals surface area (Å²) in [5.41, 5.74) is -0.0403. The summed E-state index contributed by atoms with van der Waals surface area (Å²) in [5.74, 6) is 0. The van der Waals surface area contributed by atoms with Crippen molar-refractivity contribution < 1.29 is 9.47 Å². The maximum absolute atomic E-state index is 5.69. The predicted molar refractivity (Wildman–Crippen MR) is 67.8 cm³/mol. The summed E-state index contributed by atoms with van der Waals surface area (Å²) in [5, 5.41) is 0.992. The molecule has 0 rings (SSSR count). The molecule has 4 heteroatoms. The summed E-state index contributed by atoms with van der Waals surface area (Å²) in [6.07, 6.45) is 0. The number of nitrogens with zero attached hydrogens (tertiary/aromatic N) is 1. The van der Waals surface area contributed by atoms with Gasteiger partial charge in [-0.25, -0.2) is 0 Å². The van der Waals surface area contributed by atoms with Gasteiger partial charge >= 0.3 is 0 Å². The highest BCUT2D eigenvalue weighted by Crippen LogP contribution is 2.06. The first-order valence-corrected chi connectivity index (χ1v) is 6.53. The molecule has 0 atom stereocenters. The van der Waals surface area contributed by atoms with E-state index in [1.807, 2.05) is 0 Å². The van der Waals surface area contributed by atoms with Crippen molar-refractivity contribution in [2.75, 3.05) is 45.3 Å². The smallest absolute Gasteiger partial charge is 0.0600 e. The monoisotopic (exact) mass is 281 g/mol. The Balaban J connectivity index is 3.65. The van der Waals surface area contributed by atoms with Crippen LogP contribution in [0.4, 0.5) is 0 Å². The Morgan fingerprint density at radius 2 is 1.67 bits per heavy atom. The van der Waals surface area contributed by atoms with Crippen molar-refractivity contribution in [3.63, 3.8) is 0 Å². The molecule has 0 radical (unpaired) electrons. The molecule has 0 N–H and O–H groups in total. The average Bonchev–Trinajstić information content (AvgIpc) is 2.12. The molecular formula is C11H24BrNO2. The van der Waals surface area contributed by atoms with Gasteiger partial charge in [-0.15, -0.1) is 0 Å². The van der Waals surface area contributed by atoms with Crippen LogP contribution in [0.3, 0.4) is 0 Å². The molecule has 0 aliphatic carbocycles. The lowest BCUT2D eigenvalue weighted by molar-refractivity contribution is -0.0142. The van der Waals surface area contributed by atoms with Gasteiger partial charge in [-0.05, 0) is 20.8 Å². The number of methoxy groups -OCH3 is 1. The second-order valence-electron chi connectivity index (χ2n) is 4.48. The quantitative estimate of drug-likeness (QED) is 0.637. The summed E-state index contributed by atoms with van der Waals surface area (Å²) in [6, 6.07) is 0. The van der Waals surface area contributed by atoms with E-state index in [4.69, 9.17) is 9.47 Å². The van der Waals surface area contributed by atoms with Gasteiger partial charge in [0.25, 0.3) is 0 Å². The van der Waals surface area contributed by atoms with E-state index in [0.29, 0.717) is 0 Å². The van der Waals surface area contributed by atoms with E-state index in [-0.39, 0.29) is 5.60 Å². The number of alkyl halides is 1. The van der Waals surface area contributed by atoms with E-state index < -0.39 is 0 Å². The zero-order chi connectivity index (χ0) is 11.7. The number of rotatable bonds is 8. The van der Waals surface area contributed by atoms with Crippen LogP contribution in [0, 0.1) is 0 Å². The first-order valence-electron chi connectivity index (χ1n) is 5.41. The van der Waals surface area contributed by atoms with Crippen LogP contribution in [-0.2, 0) is 9.47 Å². The minimum absolute atomic E-state index is 0.0403. The Bertz CT molecular complexity index is 148. The van der Waals surface area contributed by atoms with Crippen LogP contribution in [0.25, 0.3) is 0 Å². The minimum Gasteiger partial charge on any atom is -0.383 e. The van der Waals surface area contributed by atoms with Crippen LogP contribution in [0.2, 0.25) is 0 Å². The summed E-state index contributed by atoms with van der Waals surface area (Å²) >= 11 is 3.45. The lowest BCUT2D eigenvalue weighted by Gasteiger charge is -2.24. The van der Waals surface area contributed by atoms with E-state index in [1.165, 1.54) is 0 Å². The normalized spacial score (nSPS) is 12.4. The molecule has 0 bridgehead atoms. The second-order valence-corrected chi connectivity index (χ2v) is 5.28. The van der Waals surface area contributed by atoms with Crippen LogP contribution < -0.4 is 0 Å². The third-order valence-electron chi connectivity index (χ3n) is 1.95. The van der Waals surface area contributed by atoms with Crippen molar-refractivity contribution in [3.8, 4) is 0 Å². The van der Waals surface area contributed by atoms with Crippen LogP contribution >= 0.6 is 15.9 Å². The fourth-order valence-corrected chi connectivity index (χ4v) is 1.66. The number of halogens is 1. The number of ether oxygens (including phenoxy) is 2. The molecule has 3 nitrogen and oxygen atoms in total. The molecule has 15 heavy (non-hydrogen) atoms. The Hall–Kier alpha value is 0.360. The van der Waals surface area contributed by atoms with Crippen molar-refractivity contribution >= 4 is 15.9 Å². The number of hydrogen-bond donors (Lipinski definition) is 0. The van der Waals surface area contributed by atoms with Gasteiger partial charge in [-0.1, -0.05) is 15.9 Å². The Morgan fingerprint density at radius 1 is 1.07 bits per heavy atom. The summed E-state index contributed by atoms with van der Waals surface area (Å²) in [6.45, 7) is 10.8.